The van der Waals surface area contributed by atoms with Crippen molar-refractivity contribution < 1.29 is 4.92 Å². The molecule has 2 rings (SSSR count). The van der Waals surface area contributed by atoms with Crippen LogP contribution >= 0.6 is 0 Å². The molecule has 0 spiro atoms. The molecule has 0 amide bonds. The highest BCUT2D eigenvalue weighted by molar-refractivity contribution is 5.90. The summed E-state index contributed by atoms with van der Waals surface area (Å²) in [6.45, 7) is 6.06. The van der Waals surface area contributed by atoms with Crippen LogP contribution in [-0.2, 0) is 0 Å². The minimum atomic E-state index is -0.451. The summed E-state index contributed by atoms with van der Waals surface area (Å²) in [5, 5.41) is 20.1. The monoisotopic (exact) mass is 292 g/mol. The number of nitriles is 1. The summed E-state index contributed by atoms with van der Waals surface area (Å²) in [4.78, 5) is 10.2. The van der Waals surface area contributed by atoms with Crippen LogP contribution in [0.5, 0.6) is 0 Å². The molecule has 0 saturated heterocycles. The zero-order valence-electron chi connectivity index (χ0n) is 12.8. The van der Waals surface area contributed by atoms with Gasteiger partial charge in [0.05, 0.1) is 16.6 Å². The van der Waals surface area contributed by atoms with Gasteiger partial charge in [0.2, 0.25) is 0 Å². The van der Waals surface area contributed by atoms with Crippen molar-refractivity contribution in [3.63, 3.8) is 0 Å². The molecule has 4 heteroatoms. The Hall–Kier alpha value is -2.93. The lowest BCUT2D eigenvalue weighted by molar-refractivity contribution is -0.384. The van der Waals surface area contributed by atoms with Crippen molar-refractivity contribution in [1.29, 1.82) is 5.26 Å². The van der Waals surface area contributed by atoms with Gasteiger partial charge >= 0.3 is 0 Å². The van der Waals surface area contributed by atoms with Gasteiger partial charge in [-0.05, 0) is 61.2 Å². The lowest BCUT2D eigenvalue weighted by atomic mass is 9.96. The number of hydrogen-bond donors (Lipinski definition) is 0. The quantitative estimate of drug-likeness (QED) is 0.360. The van der Waals surface area contributed by atoms with Gasteiger partial charge in [-0.25, -0.2) is 0 Å². The number of rotatable bonds is 3. The summed E-state index contributed by atoms with van der Waals surface area (Å²) in [6, 6.07) is 12.4. The van der Waals surface area contributed by atoms with Crippen LogP contribution in [-0.4, -0.2) is 4.92 Å². The first-order valence-corrected chi connectivity index (χ1v) is 6.87. The van der Waals surface area contributed by atoms with Crippen LogP contribution in [0.2, 0.25) is 0 Å². The Balaban J connectivity index is 2.49. The van der Waals surface area contributed by atoms with Gasteiger partial charge in [0.1, 0.15) is 0 Å². The van der Waals surface area contributed by atoms with Crippen LogP contribution in [0.4, 0.5) is 5.69 Å². The first-order valence-electron chi connectivity index (χ1n) is 6.87. The Morgan fingerprint density at radius 2 is 1.68 bits per heavy atom. The van der Waals surface area contributed by atoms with Crippen LogP contribution in [0.1, 0.15) is 27.8 Å². The fourth-order valence-corrected chi connectivity index (χ4v) is 2.51. The molecule has 0 aliphatic carbocycles. The Bertz CT molecular complexity index is 774. The van der Waals surface area contributed by atoms with E-state index in [1.807, 2.05) is 26.8 Å². The van der Waals surface area contributed by atoms with Crippen LogP contribution in [0, 0.1) is 42.2 Å². The van der Waals surface area contributed by atoms with Gasteiger partial charge in [0.25, 0.3) is 5.69 Å². The Morgan fingerprint density at radius 3 is 2.14 bits per heavy atom. The lowest BCUT2D eigenvalue weighted by Crippen LogP contribution is -1.91. The minimum Gasteiger partial charge on any atom is -0.258 e. The highest BCUT2D eigenvalue weighted by Gasteiger charge is 2.08. The predicted molar refractivity (Wildman–Crippen MR) is 87.2 cm³/mol. The summed E-state index contributed by atoms with van der Waals surface area (Å²) in [7, 11) is 0. The lowest BCUT2D eigenvalue weighted by Gasteiger charge is -2.08. The van der Waals surface area contributed by atoms with Gasteiger partial charge < -0.3 is 0 Å². The number of nitrogens with zero attached hydrogens (tertiary/aromatic N) is 2. The maximum absolute atomic E-state index is 10.7. The standard InChI is InChI=1S/C18H16N2O2/c1-12-8-13(2)18(14(3)9-12)10-16(11-19)15-4-6-17(7-5-15)20(21)22/h4-10H,1-3H3/b16-10-. The number of aryl methyl sites for hydroxylation is 3. The molecule has 22 heavy (non-hydrogen) atoms. The second kappa shape index (κ2) is 6.23. The largest absolute Gasteiger partial charge is 0.269 e. The van der Waals surface area contributed by atoms with E-state index in [1.165, 1.54) is 17.7 Å². The Kier molecular flexibility index (Phi) is 4.38. The van der Waals surface area contributed by atoms with E-state index in [-0.39, 0.29) is 5.69 Å². The molecule has 0 heterocycles. The SMILES string of the molecule is Cc1cc(C)c(/C=C(/C#N)c2ccc([N+](=O)[O-])cc2)c(C)c1. The van der Waals surface area contributed by atoms with Crippen molar-refractivity contribution in [3.05, 3.63) is 74.3 Å². The van der Waals surface area contributed by atoms with Crippen molar-refractivity contribution >= 4 is 17.3 Å². The first kappa shape index (κ1) is 15.5. The normalized spacial score (nSPS) is 11.1. The number of nitro groups is 1. The van der Waals surface area contributed by atoms with E-state index in [9.17, 15) is 15.4 Å². The minimum absolute atomic E-state index is 0.0173. The van der Waals surface area contributed by atoms with Crippen LogP contribution in [0.3, 0.4) is 0 Å². The van der Waals surface area contributed by atoms with Gasteiger partial charge in [-0.2, -0.15) is 5.26 Å². The molecule has 2 aromatic carbocycles. The summed E-state index contributed by atoms with van der Waals surface area (Å²) in [6.07, 6.45) is 1.84. The molecule has 0 atom stereocenters. The zero-order valence-corrected chi connectivity index (χ0v) is 12.8. The van der Waals surface area contributed by atoms with E-state index >= 15 is 0 Å². The molecule has 0 aliphatic heterocycles. The zero-order chi connectivity index (χ0) is 16.3. The van der Waals surface area contributed by atoms with Crippen LogP contribution in [0.15, 0.2) is 36.4 Å². The van der Waals surface area contributed by atoms with Crippen molar-refractivity contribution in [3.8, 4) is 6.07 Å². The number of benzene rings is 2. The molecule has 2 aromatic rings. The molecule has 0 radical (unpaired) electrons. The smallest absolute Gasteiger partial charge is 0.258 e. The van der Waals surface area contributed by atoms with Gasteiger partial charge in [-0.3, -0.25) is 10.1 Å². The van der Waals surface area contributed by atoms with E-state index in [1.54, 1.807) is 12.1 Å². The van der Waals surface area contributed by atoms with E-state index in [4.69, 9.17) is 0 Å². The molecular formula is C18H16N2O2. The summed E-state index contributed by atoms with van der Waals surface area (Å²) in [5.74, 6) is 0. The van der Waals surface area contributed by atoms with E-state index < -0.39 is 4.92 Å². The summed E-state index contributed by atoms with van der Waals surface area (Å²) >= 11 is 0. The summed E-state index contributed by atoms with van der Waals surface area (Å²) < 4.78 is 0. The molecule has 0 aromatic heterocycles. The number of nitro benzene ring substituents is 1. The highest BCUT2D eigenvalue weighted by atomic mass is 16.6. The molecule has 0 N–H and O–H groups in total. The second-order valence-electron chi connectivity index (χ2n) is 5.29. The number of non-ortho nitro benzene ring substituents is 1. The molecule has 4 nitrogen and oxygen atoms in total. The third-order valence-electron chi connectivity index (χ3n) is 3.54. The molecule has 0 aliphatic rings. The first-order chi connectivity index (χ1) is 10.4. The van der Waals surface area contributed by atoms with Gasteiger partial charge in [0.15, 0.2) is 0 Å². The van der Waals surface area contributed by atoms with Crippen molar-refractivity contribution in [2.75, 3.05) is 0 Å². The molecule has 110 valence electrons. The topological polar surface area (TPSA) is 66.9 Å². The Morgan fingerprint density at radius 1 is 1.14 bits per heavy atom. The molecule has 0 bridgehead atoms. The predicted octanol–water partition coefficient (Wildman–Crippen LogP) is 4.58. The van der Waals surface area contributed by atoms with Gasteiger partial charge in [-0.1, -0.05) is 17.7 Å². The fourth-order valence-electron chi connectivity index (χ4n) is 2.51. The number of allylic oxidation sites excluding steroid dienone is 1. The second-order valence-corrected chi connectivity index (χ2v) is 5.29. The van der Waals surface area contributed by atoms with Gasteiger partial charge in [-0.15, -0.1) is 0 Å². The fraction of sp³-hybridized carbons (Fsp3) is 0.167. The molecule has 0 saturated carbocycles. The average Bonchev–Trinajstić information content (AvgIpc) is 2.47. The Labute approximate surface area is 129 Å². The van der Waals surface area contributed by atoms with Crippen molar-refractivity contribution in [2.45, 2.75) is 20.8 Å². The third kappa shape index (κ3) is 3.21. The van der Waals surface area contributed by atoms with Crippen LogP contribution < -0.4 is 0 Å². The molecule has 0 unspecified atom stereocenters. The van der Waals surface area contributed by atoms with Crippen molar-refractivity contribution in [2.24, 2.45) is 0 Å². The molecule has 0 fully saturated rings. The van der Waals surface area contributed by atoms with E-state index in [0.717, 1.165) is 16.7 Å². The number of hydrogen-bond acceptors (Lipinski definition) is 3. The maximum atomic E-state index is 10.7. The van der Waals surface area contributed by atoms with E-state index in [0.29, 0.717) is 11.1 Å². The van der Waals surface area contributed by atoms with Crippen molar-refractivity contribution in [1.82, 2.24) is 0 Å². The maximum Gasteiger partial charge on any atom is 0.269 e. The summed E-state index contributed by atoms with van der Waals surface area (Å²) in [5.41, 5.74) is 5.59. The third-order valence-corrected chi connectivity index (χ3v) is 3.54. The molecular weight excluding hydrogens is 276 g/mol. The highest BCUT2D eigenvalue weighted by Crippen LogP contribution is 2.24. The average molecular weight is 292 g/mol. The van der Waals surface area contributed by atoms with Crippen LogP contribution in [0.25, 0.3) is 11.6 Å². The van der Waals surface area contributed by atoms with E-state index in [2.05, 4.69) is 18.2 Å². The van der Waals surface area contributed by atoms with Gasteiger partial charge in [0, 0.05) is 12.1 Å².